The molecule has 3 rings (SSSR count). The maximum atomic E-state index is 12.7. The Labute approximate surface area is 245 Å². The second kappa shape index (κ2) is 14.9. The van der Waals surface area contributed by atoms with Crippen molar-refractivity contribution in [3.63, 3.8) is 0 Å². The van der Waals surface area contributed by atoms with Crippen LogP contribution >= 0.6 is 0 Å². The maximum Gasteiger partial charge on any atom is 0.422 e. The molecule has 2 aromatic heterocycles. The van der Waals surface area contributed by atoms with E-state index in [1.807, 2.05) is 0 Å². The molecule has 17 heteroatoms. The highest BCUT2D eigenvalue weighted by molar-refractivity contribution is 5.67. The molecule has 0 fully saturated rings. The summed E-state index contributed by atoms with van der Waals surface area (Å²) in [7, 11) is 0. The van der Waals surface area contributed by atoms with Gasteiger partial charge in [-0.25, -0.2) is 4.79 Å². The maximum absolute atomic E-state index is 12.7. The molecule has 43 heavy (non-hydrogen) atoms. The van der Waals surface area contributed by atoms with E-state index in [2.05, 4.69) is 36.0 Å². The molecule has 2 heterocycles. The van der Waals surface area contributed by atoms with Gasteiger partial charge in [0.2, 0.25) is 11.9 Å². The van der Waals surface area contributed by atoms with Gasteiger partial charge in [0.1, 0.15) is 17.9 Å². The number of aromatic nitrogens is 5. The Bertz CT molecular complexity index is 1350. The quantitative estimate of drug-likeness (QED) is 0.181. The summed E-state index contributed by atoms with van der Waals surface area (Å²) in [5.74, 6) is -0.669. The number of benzene rings is 1. The Hall–Kier alpha value is -4.83. The van der Waals surface area contributed by atoms with Crippen molar-refractivity contribution in [1.29, 1.82) is 0 Å². The van der Waals surface area contributed by atoms with Gasteiger partial charge in [-0.3, -0.25) is 9.48 Å². The van der Waals surface area contributed by atoms with Crippen LogP contribution in [-0.4, -0.2) is 73.4 Å². The average Bonchev–Trinajstić information content (AvgIpc) is 3.33. The first kappa shape index (κ1) is 32.7. The van der Waals surface area contributed by atoms with Crippen molar-refractivity contribution in [3.05, 3.63) is 42.2 Å². The smallest absolute Gasteiger partial charge is 0.422 e. The van der Waals surface area contributed by atoms with Crippen molar-refractivity contribution in [2.24, 2.45) is 0 Å². The van der Waals surface area contributed by atoms with E-state index < -0.39 is 36.5 Å². The Kier molecular flexibility index (Phi) is 11.3. The number of hydrogen-bond donors (Lipinski definition) is 4. The van der Waals surface area contributed by atoms with Crippen molar-refractivity contribution in [3.8, 4) is 11.8 Å². The lowest BCUT2D eigenvalue weighted by Gasteiger charge is -2.19. The minimum Gasteiger partial charge on any atom is -0.494 e. The number of rotatable bonds is 15. The molecule has 0 saturated carbocycles. The molecule has 4 N–H and O–H groups in total. The van der Waals surface area contributed by atoms with Crippen LogP contribution in [0.25, 0.3) is 0 Å². The monoisotopic (exact) mass is 610 g/mol. The van der Waals surface area contributed by atoms with Crippen LogP contribution < -0.4 is 25.4 Å². The van der Waals surface area contributed by atoms with E-state index in [4.69, 9.17) is 19.3 Å². The fourth-order valence-electron chi connectivity index (χ4n) is 3.29. The van der Waals surface area contributed by atoms with E-state index in [9.17, 15) is 22.8 Å². The van der Waals surface area contributed by atoms with E-state index in [0.717, 1.165) is 10.2 Å². The van der Waals surface area contributed by atoms with E-state index in [0.29, 0.717) is 37.4 Å². The summed E-state index contributed by atoms with van der Waals surface area (Å²) >= 11 is 0. The van der Waals surface area contributed by atoms with Gasteiger partial charge in [-0.1, -0.05) is 12.1 Å². The minimum atomic E-state index is -4.60. The van der Waals surface area contributed by atoms with Gasteiger partial charge < -0.3 is 35.3 Å². The van der Waals surface area contributed by atoms with Crippen LogP contribution in [-0.2, 0) is 22.6 Å². The summed E-state index contributed by atoms with van der Waals surface area (Å²) in [4.78, 5) is 34.4. The molecule has 0 saturated heterocycles. The molecule has 0 bridgehead atoms. The number of hydrogen-bond acceptors (Lipinski definition) is 11. The van der Waals surface area contributed by atoms with Crippen molar-refractivity contribution < 1.29 is 42.1 Å². The second-order valence-corrected chi connectivity index (χ2v) is 10.1. The predicted octanol–water partition coefficient (Wildman–Crippen LogP) is 4.13. The van der Waals surface area contributed by atoms with Gasteiger partial charge in [-0.2, -0.15) is 33.2 Å². The SMILES string of the molecule is CC(C)(C)OC(=O)NCCCCOc1ccc(CNc2nc(Nc3cnn(CC(=O)O)c3)nc(OCC(F)(F)F)n2)cc1. The third-order valence-electron chi connectivity index (χ3n) is 5.05. The number of amides is 1. The third-order valence-corrected chi connectivity index (χ3v) is 5.05. The topological polar surface area (TPSA) is 175 Å². The van der Waals surface area contributed by atoms with Crippen molar-refractivity contribution in [1.82, 2.24) is 30.0 Å². The third kappa shape index (κ3) is 13.1. The number of alkyl halides is 3. The molecule has 1 amide bonds. The molecule has 234 valence electrons. The number of nitrogens with zero attached hydrogens (tertiary/aromatic N) is 5. The number of nitrogens with one attached hydrogen (secondary N) is 3. The normalized spacial score (nSPS) is 11.5. The second-order valence-electron chi connectivity index (χ2n) is 10.1. The number of unbranched alkanes of at least 4 members (excludes halogenated alkanes) is 1. The first-order valence-electron chi connectivity index (χ1n) is 13.1. The van der Waals surface area contributed by atoms with Gasteiger partial charge in [0.15, 0.2) is 6.61 Å². The van der Waals surface area contributed by atoms with E-state index in [-0.39, 0.29) is 25.0 Å². The molecular weight excluding hydrogens is 577 g/mol. The number of carbonyl (C=O) groups is 2. The van der Waals surface area contributed by atoms with Gasteiger partial charge in [-0.05, 0) is 51.3 Å². The zero-order valence-electron chi connectivity index (χ0n) is 23.8. The number of anilines is 3. The van der Waals surface area contributed by atoms with Gasteiger partial charge in [0.25, 0.3) is 0 Å². The Morgan fingerprint density at radius 2 is 1.72 bits per heavy atom. The Morgan fingerprint density at radius 1 is 1.00 bits per heavy atom. The average molecular weight is 611 g/mol. The fourth-order valence-corrected chi connectivity index (χ4v) is 3.29. The lowest BCUT2D eigenvalue weighted by atomic mass is 10.2. The van der Waals surface area contributed by atoms with E-state index in [1.54, 1.807) is 45.0 Å². The highest BCUT2D eigenvalue weighted by atomic mass is 19.4. The number of carboxylic acid groups (broad SMARTS) is 1. The van der Waals surface area contributed by atoms with Gasteiger partial charge in [0.05, 0.1) is 18.5 Å². The van der Waals surface area contributed by atoms with E-state index in [1.165, 1.54) is 12.4 Å². The van der Waals surface area contributed by atoms with Crippen LogP contribution in [0.2, 0.25) is 0 Å². The van der Waals surface area contributed by atoms with Crippen LogP contribution in [0.15, 0.2) is 36.7 Å². The van der Waals surface area contributed by atoms with Gasteiger partial charge >= 0.3 is 24.2 Å². The molecule has 0 radical (unpaired) electrons. The summed E-state index contributed by atoms with van der Waals surface area (Å²) in [5.41, 5.74) is 0.554. The van der Waals surface area contributed by atoms with Crippen LogP contribution in [0.4, 0.5) is 35.5 Å². The summed E-state index contributed by atoms with van der Waals surface area (Å²) < 4.78 is 54.8. The zero-order valence-corrected chi connectivity index (χ0v) is 23.8. The number of aliphatic carboxylic acids is 1. The van der Waals surface area contributed by atoms with Gasteiger partial charge in [-0.15, -0.1) is 0 Å². The molecule has 0 aliphatic heterocycles. The minimum absolute atomic E-state index is 0.0621. The lowest BCUT2D eigenvalue weighted by molar-refractivity contribution is -0.154. The highest BCUT2D eigenvalue weighted by Crippen LogP contribution is 2.20. The largest absolute Gasteiger partial charge is 0.494 e. The molecule has 0 atom stereocenters. The van der Waals surface area contributed by atoms with Crippen LogP contribution in [0, 0.1) is 0 Å². The standard InChI is InChI=1S/C26H33F3N8O6/c1-25(2,3)43-24(40)30-10-4-5-11-41-19-8-6-17(7-9-19)12-31-21-34-22(36-23(35-21)42-16-26(27,28)29)33-18-13-32-37(14-18)15-20(38)39/h6-9,13-14H,4-5,10-12,15-16H2,1-3H3,(H,30,40)(H,38,39)(H2,31,33,34,35,36). The first-order chi connectivity index (χ1) is 20.2. The van der Waals surface area contributed by atoms with Crippen LogP contribution in [0.3, 0.4) is 0 Å². The van der Waals surface area contributed by atoms with E-state index >= 15 is 0 Å². The summed E-state index contributed by atoms with van der Waals surface area (Å²) in [6, 6.07) is 6.56. The zero-order chi connectivity index (χ0) is 31.5. The van der Waals surface area contributed by atoms with Crippen LogP contribution in [0.5, 0.6) is 11.8 Å². The van der Waals surface area contributed by atoms with Gasteiger partial charge in [0, 0.05) is 19.3 Å². The summed E-state index contributed by atoms with van der Waals surface area (Å²) in [5, 5.41) is 21.1. The number of carbonyl (C=O) groups excluding carboxylic acids is 1. The molecule has 0 aliphatic rings. The molecular formula is C26H33F3N8O6. The molecule has 0 unspecified atom stereocenters. The molecule has 0 spiro atoms. The molecule has 3 aromatic rings. The number of halogens is 3. The molecule has 14 nitrogen and oxygen atoms in total. The van der Waals surface area contributed by atoms with Crippen molar-refractivity contribution >= 4 is 29.6 Å². The van der Waals surface area contributed by atoms with Crippen LogP contribution in [0.1, 0.15) is 39.2 Å². The Morgan fingerprint density at radius 3 is 2.40 bits per heavy atom. The fraction of sp³-hybridized carbons (Fsp3) is 0.462. The molecule has 1 aromatic carbocycles. The summed E-state index contributed by atoms with van der Waals surface area (Å²) in [6.45, 7) is 4.53. The lowest BCUT2D eigenvalue weighted by Crippen LogP contribution is -2.33. The Balaban J connectivity index is 1.52. The highest BCUT2D eigenvalue weighted by Gasteiger charge is 2.29. The van der Waals surface area contributed by atoms with Crippen molar-refractivity contribution in [2.75, 3.05) is 30.4 Å². The van der Waals surface area contributed by atoms with Crippen molar-refractivity contribution in [2.45, 2.75) is 58.5 Å². The summed E-state index contributed by atoms with van der Waals surface area (Å²) in [6.07, 6.45) is -0.964. The number of carboxylic acids is 1. The predicted molar refractivity (Wildman–Crippen MR) is 147 cm³/mol. The first-order valence-corrected chi connectivity index (χ1v) is 13.1. The molecule has 0 aliphatic carbocycles. The number of ether oxygens (including phenoxy) is 3. The number of alkyl carbamates (subject to hydrolysis) is 1.